The van der Waals surface area contributed by atoms with Gasteiger partial charge in [-0.3, -0.25) is 0 Å². The molecular formula is C9H12O2. The molecule has 0 unspecified atom stereocenters. The van der Waals surface area contributed by atoms with E-state index in [1.807, 2.05) is 0 Å². The molecule has 2 nitrogen and oxygen atoms in total. The molecule has 0 aromatic heterocycles. The van der Waals surface area contributed by atoms with Crippen molar-refractivity contribution in [1.29, 1.82) is 0 Å². The average molecular weight is 152 g/mol. The van der Waals surface area contributed by atoms with Crippen LogP contribution in [0.25, 0.3) is 0 Å². The monoisotopic (exact) mass is 152 g/mol. The van der Waals surface area contributed by atoms with Gasteiger partial charge in [-0.2, -0.15) is 0 Å². The van der Waals surface area contributed by atoms with Gasteiger partial charge in [0.05, 0.1) is 0 Å². The maximum absolute atomic E-state index is 8.94. The van der Waals surface area contributed by atoms with Crippen LogP contribution in [-0.2, 0) is 0 Å². The van der Waals surface area contributed by atoms with E-state index in [-0.39, 0.29) is 11.5 Å². The van der Waals surface area contributed by atoms with Gasteiger partial charge in [-0.15, -0.1) is 13.2 Å². The lowest BCUT2D eigenvalue weighted by Gasteiger charge is -1.96. The van der Waals surface area contributed by atoms with Crippen LogP contribution >= 0.6 is 0 Å². The Kier molecular flexibility index (Phi) is 3.81. The zero-order valence-corrected chi connectivity index (χ0v) is 6.54. The van der Waals surface area contributed by atoms with E-state index in [9.17, 15) is 0 Å². The largest absolute Gasteiger partial charge is 0.508 e. The predicted molar refractivity (Wildman–Crippen MR) is 45.8 cm³/mol. The third-order valence-corrected chi connectivity index (χ3v) is 1.19. The number of aromatic hydroxyl groups is 2. The molecule has 1 aromatic carbocycles. The van der Waals surface area contributed by atoms with Crippen LogP contribution in [0, 0.1) is 6.92 Å². The van der Waals surface area contributed by atoms with Crippen molar-refractivity contribution >= 4 is 0 Å². The van der Waals surface area contributed by atoms with Crippen molar-refractivity contribution in [3.63, 3.8) is 0 Å². The molecule has 0 saturated heterocycles. The van der Waals surface area contributed by atoms with Crippen molar-refractivity contribution < 1.29 is 10.2 Å². The second-order valence-electron chi connectivity index (χ2n) is 1.97. The second-order valence-corrected chi connectivity index (χ2v) is 1.97. The molecule has 0 radical (unpaired) electrons. The summed E-state index contributed by atoms with van der Waals surface area (Å²) in [5.41, 5.74) is 0.771. The summed E-state index contributed by atoms with van der Waals surface area (Å²) in [4.78, 5) is 0. The quantitative estimate of drug-likeness (QED) is 0.559. The third kappa shape index (κ3) is 2.76. The fraction of sp³-hybridized carbons (Fsp3) is 0.111. The molecule has 0 saturated carbocycles. The van der Waals surface area contributed by atoms with Gasteiger partial charge in [0.15, 0.2) is 0 Å². The summed E-state index contributed by atoms with van der Waals surface area (Å²) in [6.07, 6.45) is 0. The van der Waals surface area contributed by atoms with E-state index in [2.05, 4.69) is 13.2 Å². The van der Waals surface area contributed by atoms with Crippen LogP contribution in [0.2, 0.25) is 0 Å². The highest BCUT2D eigenvalue weighted by Gasteiger charge is 1.93. The van der Waals surface area contributed by atoms with Crippen molar-refractivity contribution in [2.24, 2.45) is 0 Å². The van der Waals surface area contributed by atoms with Crippen molar-refractivity contribution in [2.45, 2.75) is 6.92 Å². The number of hydrogen-bond donors (Lipinski definition) is 2. The normalized spacial score (nSPS) is 8.09. The van der Waals surface area contributed by atoms with E-state index in [0.717, 1.165) is 5.56 Å². The molecule has 2 N–H and O–H groups in total. The molecule has 0 bridgehead atoms. The van der Waals surface area contributed by atoms with E-state index < -0.39 is 0 Å². The summed E-state index contributed by atoms with van der Waals surface area (Å²) in [6, 6.07) is 4.51. The van der Waals surface area contributed by atoms with E-state index in [1.54, 1.807) is 13.0 Å². The van der Waals surface area contributed by atoms with Crippen molar-refractivity contribution in [2.75, 3.05) is 0 Å². The standard InChI is InChI=1S/C7H8O2.C2H4/c1-5-2-3-6(8)4-7(5)9;1-2/h2-4,8-9H,1H3;1-2H2. The molecule has 2 heteroatoms. The Morgan fingerprint density at radius 1 is 1.18 bits per heavy atom. The first kappa shape index (κ1) is 9.56. The Bertz CT molecular complexity index is 231. The van der Waals surface area contributed by atoms with Crippen LogP contribution in [0.3, 0.4) is 0 Å². The predicted octanol–water partition coefficient (Wildman–Crippen LogP) is 2.21. The summed E-state index contributed by atoms with van der Waals surface area (Å²) in [7, 11) is 0. The molecule has 0 atom stereocenters. The summed E-state index contributed by atoms with van der Waals surface area (Å²) >= 11 is 0. The Balaban J connectivity index is 0.000000461. The fourth-order valence-electron chi connectivity index (χ4n) is 0.598. The molecule has 1 aromatic rings. The van der Waals surface area contributed by atoms with Crippen molar-refractivity contribution in [3.05, 3.63) is 36.9 Å². The van der Waals surface area contributed by atoms with Crippen LogP contribution in [0.15, 0.2) is 31.4 Å². The highest BCUT2D eigenvalue weighted by Crippen LogP contribution is 2.20. The van der Waals surface area contributed by atoms with Crippen molar-refractivity contribution in [1.82, 2.24) is 0 Å². The van der Waals surface area contributed by atoms with Gasteiger partial charge in [0.25, 0.3) is 0 Å². The molecule has 11 heavy (non-hydrogen) atoms. The minimum atomic E-state index is 0.0955. The summed E-state index contributed by atoms with van der Waals surface area (Å²) in [5, 5.41) is 17.7. The number of phenolic OH excluding ortho intramolecular Hbond substituents is 2. The lowest BCUT2D eigenvalue weighted by molar-refractivity contribution is 0.448. The number of aryl methyl sites for hydroxylation is 1. The number of rotatable bonds is 0. The minimum absolute atomic E-state index is 0.0955. The average Bonchev–Trinajstić information content (AvgIpc) is 2.02. The molecule has 0 fully saturated rings. The molecule has 0 aliphatic carbocycles. The lowest BCUT2D eigenvalue weighted by atomic mass is 10.2. The van der Waals surface area contributed by atoms with Gasteiger partial charge in [0.1, 0.15) is 11.5 Å². The van der Waals surface area contributed by atoms with E-state index in [4.69, 9.17) is 10.2 Å². The van der Waals surface area contributed by atoms with Crippen LogP contribution in [0.5, 0.6) is 11.5 Å². The lowest BCUT2D eigenvalue weighted by Crippen LogP contribution is -1.71. The zero-order valence-electron chi connectivity index (χ0n) is 6.54. The highest BCUT2D eigenvalue weighted by atomic mass is 16.3. The van der Waals surface area contributed by atoms with Crippen LogP contribution < -0.4 is 0 Å². The van der Waals surface area contributed by atoms with Crippen LogP contribution in [0.1, 0.15) is 5.56 Å². The highest BCUT2D eigenvalue weighted by molar-refractivity contribution is 5.37. The van der Waals surface area contributed by atoms with Gasteiger partial charge < -0.3 is 10.2 Å². The minimum Gasteiger partial charge on any atom is -0.508 e. The topological polar surface area (TPSA) is 40.5 Å². The molecule has 0 aliphatic rings. The molecule has 0 aliphatic heterocycles. The number of hydrogen-bond acceptors (Lipinski definition) is 2. The van der Waals surface area contributed by atoms with Gasteiger partial charge in [0, 0.05) is 6.07 Å². The number of phenols is 2. The summed E-state index contributed by atoms with van der Waals surface area (Å²) < 4.78 is 0. The Hall–Kier alpha value is -1.44. The van der Waals surface area contributed by atoms with Gasteiger partial charge in [-0.25, -0.2) is 0 Å². The molecular weight excluding hydrogens is 140 g/mol. The van der Waals surface area contributed by atoms with E-state index in [1.165, 1.54) is 12.1 Å². The second kappa shape index (κ2) is 4.39. The van der Waals surface area contributed by atoms with Gasteiger partial charge in [-0.1, -0.05) is 6.07 Å². The molecule has 0 heterocycles. The summed E-state index contributed by atoms with van der Waals surface area (Å²) in [6.45, 7) is 7.77. The first-order valence-electron chi connectivity index (χ1n) is 3.19. The Labute approximate surface area is 66.4 Å². The van der Waals surface area contributed by atoms with E-state index in [0.29, 0.717) is 0 Å². The van der Waals surface area contributed by atoms with Crippen LogP contribution in [-0.4, -0.2) is 10.2 Å². The van der Waals surface area contributed by atoms with Crippen LogP contribution in [0.4, 0.5) is 0 Å². The molecule has 0 spiro atoms. The van der Waals surface area contributed by atoms with E-state index >= 15 is 0 Å². The molecule has 0 amide bonds. The Morgan fingerprint density at radius 2 is 1.73 bits per heavy atom. The smallest absolute Gasteiger partial charge is 0.122 e. The maximum atomic E-state index is 8.94. The van der Waals surface area contributed by atoms with Crippen molar-refractivity contribution in [3.8, 4) is 11.5 Å². The number of benzene rings is 1. The molecule has 60 valence electrons. The van der Waals surface area contributed by atoms with Gasteiger partial charge >= 0.3 is 0 Å². The van der Waals surface area contributed by atoms with Gasteiger partial charge in [-0.05, 0) is 18.6 Å². The molecule has 1 rings (SSSR count). The Morgan fingerprint density at radius 3 is 2.09 bits per heavy atom. The maximum Gasteiger partial charge on any atom is 0.122 e. The SMILES string of the molecule is C=C.Cc1ccc(O)cc1O. The fourth-order valence-corrected chi connectivity index (χ4v) is 0.598. The summed E-state index contributed by atoms with van der Waals surface area (Å²) in [5.74, 6) is 0.230. The first-order chi connectivity index (χ1) is 5.20. The first-order valence-corrected chi connectivity index (χ1v) is 3.19. The zero-order chi connectivity index (χ0) is 8.85. The van der Waals surface area contributed by atoms with Gasteiger partial charge in [0.2, 0.25) is 0 Å². The third-order valence-electron chi connectivity index (χ3n) is 1.19.